The van der Waals surface area contributed by atoms with E-state index in [1.54, 1.807) is 14.2 Å². The number of hydrogen-bond acceptors (Lipinski definition) is 5. The summed E-state index contributed by atoms with van der Waals surface area (Å²) in [6.07, 6.45) is 1.97. The van der Waals surface area contributed by atoms with Crippen LogP contribution in [0.5, 0.6) is 11.5 Å². The molecule has 0 aromatic heterocycles. The van der Waals surface area contributed by atoms with Crippen LogP contribution < -0.4 is 14.8 Å². The normalized spacial score (nSPS) is 21.0. The van der Waals surface area contributed by atoms with E-state index >= 15 is 0 Å². The van der Waals surface area contributed by atoms with E-state index in [4.69, 9.17) is 9.47 Å². The second-order valence-electron chi connectivity index (χ2n) is 6.01. The highest BCUT2D eigenvalue weighted by Crippen LogP contribution is 2.38. The Morgan fingerprint density at radius 2 is 2.12 bits per heavy atom. The Bertz CT molecular complexity index is 634. The number of rotatable bonds is 5. The van der Waals surface area contributed by atoms with Gasteiger partial charge < -0.3 is 14.8 Å². The number of benzene rings is 1. The van der Waals surface area contributed by atoms with Crippen molar-refractivity contribution in [1.82, 2.24) is 15.1 Å². The van der Waals surface area contributed by atoms with Crippen LogP contribution in [0.1, 0.15) is 24.4 Å². The average molecular weight is 333 g/mol. The van der Waals surface area contributed by atoms with E-state index in [9.17, 15) is 9.59 Å². The molecule has 1 N–H and O–H groups in total. The molecular weight excluding hydrogens is 310 g/mol. The van der Waals surface area contributed by atoms with E-state index < -0.39 is 0 Å². The molecule has 1 aromatic rings. The van der Waals surface area contributed by atoms with Crippen molar-refractivity contribution in [3.05, 3.63) is 23.8 Å². The molecule has 2 fully saturated rings. The van der Waals surface area contributed by atoms with Crippen LogP contribution in [0, 0.1) is 0 Å². The van der Waals surface area contributed by atoms with Gasteiger partial charge in [0.15, 0.2) is 0 Å². The first-order chi connectivity index (χ1) is 11.6. The summed E-state index contributed by atoms with van der Waals surface area (Å²) in [4.78, 5) is 27.5. The molecule has 24 heavy (non-hydrogen) atoms. The summed E-state index contributed by atoms with van der Waals surface area (Å²) < 4.78 is 10.8. The molecular formula is C17H23N3O4. The first kappa shape index (κ1) is 16.6. The lowest BCUT2D eigenvalue weighted by molar-refractivity contribution is -0.129. The number of urea groups is 1. The molecule has 1 aromatic carbocycles. The second-order valence-corrected chi connectivity index (χ2v) is 6.01. The maximum atomic E-state index is 12.4. The van der Waals surface area contributed by atoms with Gasteiger partial charge in [-0.1, -0.05) is 6.07 Å². The van der Waals surface area contributed by atoms with Gasteiger partial charge in [-0.3, -0.25) is 14.6 Å². The highest BCUT2D eigenvalue weighted by molar-refractivity contribution is 5.96. The van der Waals surface area contributed by atoms with Crippen molar-refractivity contribution in [3.8, 4) is 11.5 Å². The van der Waals surface area contributed by atoms with Gasteiger partial charge in [0.2, 0.25) is 5.91 Å². The maximum absolute atomic E-state index is 12.4. The van der Waals surface area contributed by atoms with Crippen LogP contribution in [-0.2, 0) is 4.79 Å². The molecule has 7 heteroatoms. The number of nitrogens with one attached hydrogen (secondary N) is 1. The van der Waals surface area contributed by atoms with E-state index in [-0.39, 0.29) is 24.5 Å². The van der Waals surface area contributed by atoms with Crippen molar-refractivity contribution in [3.63, 3.8) is 0 Å². The number of nitrogens with zero attached hydrogens (tertiary/aromatic N) is 2. The Hall–Kier alpha value is -2.28. The van der Waals surface area contributed by atoms with Crippen molar-refractivity contribution >= 4 is 11.9 Å². The fraction of sp³-hybridized carbons (Fsp3) is 0.529. The second kappa shape index (κ2) is 7.09. The summed E-state index contributed by atoms with van der Waals surface area (Å²) >= 11 is 0. The smallest absolute Gasteiger partial charge is 0.324 e. The van der Waals surface area contributed by atoms with E-state index in [0.29, 0.717) is 13.1 Å². The van der Waals surface area contributed by atoms with Crippen molar-refractivity contribution in [2.24, 2.45) is 0 Å². The summed E-state index contributed by atoms with van der Waals surface area (Å²) in [7, 11) is 3.26. The van der Waals surface area contributed by atoms with Gasteiger partial charge in [0.25, 0.3) is 0 Å². The van der Waals surface area contributed by atoms with Gasteiger partial charge in [-0.25, -0.2) is 4.79 Å². The van der Waals surface area contributed by atoms with Gasteiger partial charge in [-0.05, 0) is 25.5 Å². The van der Waals surface area contributed by atoms with Crippen molar-refractivity contribution in [2.75, 3.05) is 40.4 Å². The molecule has 0 unspecified atom stereocenters. The standard InChI is InChI=1S/C17H23N3O4/c1-23-12-5-6-13(15(10-12)24-2)14-4-3-8-19(14)11-16(21)20-9-7-18-17(20)22/h5-6,10,14H,3-4,7-9,11H2,1-2H3,(H,18,22)/t14-/m0/s1. The average Bonchev–Trinajstić information content (AvgIpc) is 3.23. The van der Waals surface area contributed by atoms with Gasteiger partial charge in [0.1, 0.15) is 11.5 Å². The minimum Gasteiger partial charge on any atom is -0.497 e. The maximum Gasteiger partial charge on any atom is 0.324 e. The molecule has 2 aliphatic rings. The number of hydrogen-bond donors (Lipinski definition) is 1. The predicted molar refractivity (Wildman–Crippen MR) is 88.2 cm³/mol. The molecule has 130 valence electrons. The Morgan fingerprint density at radius 3 is 2.79 bits per heavy atom. The van der Waals surface area contributed by atoms with Crippen LogP contribution in [0.2, 0.25) is 0 Å². The Balaban J connectivity index is 1.76. The van der Waals surface area contributed by atoms with Crippen LogP contribution in [0.25, 0.3) is 0 Å². The zero-order valence-electron chi connectivity index (χ0n) is 14.1. The van der Waals surface area contributed by atoms with Crippen LogP contribution in [-0.4, -0.2) is 62.1 Å². The molecule has 0 bridgehead atoms. The number of amides is 3. The zero-order chi connectivity index (χ0) is 17.1. The molecule has 7 nitrogen and oxygen atoms in total. The summed E-state index contributed by atoms with van der Waals surface area (Å²) in [5.74, 6) is 1.35. The summed E-state index contributed by atoms with van der Waals surface area (Å²) in [5, 5.41) is 2.66. The summed E-state index contributed by atoms with van der Waals surface area (Å²) in [5.41, 5.74) is 1.05. The monoisotopic (exact) mass is 333 g/mol. The quantitative estimate of drug-likeness (QED) is 0.882. The van der Waals surface area contributed by atoms with E-state index in [0.717, 1.165) is 36.4 Å². The van der Waals surface area contributed by atoms with Gasteiger partial charge in [-0.15, -0.1) is 0 Å². The molecule has 0 radical (unpaired) electrons. The van der Waals surface area contributed by atoms with Gasteiger partial charge in [0.05, 0.1) is 20.8 Å². The third-order valence-electron chi connectivity index (χ3n) is 4.66. The topological polar surface area (TPSA) is 71.1 Å². The van der Waals surface area contributed by atoms with Crippen LogP contribution in [0.4, 0.5) is 4.79 Å². The van der Waals surface area contributed by atoms with E-state index in [1.165, 1.54) is 4.90 Å². The molecule has 0 aliphatic carbocycles. The number of likely N-dealkylation sites (tertiary alicyclic amines) is 1. The fourth-order valence-corrected chi connectivity index (χ4v) is 3.43. The third-order valence-corrected chi connectivity index (χ3v) is 4.66. The number of ether oxygens (including phenoxy) is 2. The zero-order valence-corrected chi connectivity index (χ0v) is 14.1. The van der Waals surface area contributed by atoms with Crippen molar-refractivity contribution in [2.45, 2.75) is 18.9 Å². The van der Waals surface area contributed by atoms with Crippen molar-refractivity contribution < 1.29 is 19.1 Å². The number of carbonyl (C=O) groups is 2. The minimum absolute atomic E-state index is 0.112. The van der Waals surface area contributed by atoms with Gasteiger partial charge in [0, 0.05) is 30.8 Å². The molecule has 0 spiro atoms. The molecule has 2 heterocycles. The molecule has 1 atom stereocenters. The predicted octanol–water partition coefficient (Wildman–Crippen LogP) is 1.39. The first-order valence-corrected chi connectivity index (χ1v) is 8.18. The molecule has 2 aliphatic heterocycles. The lowest BCUT2D eigenvalue weighted by atomic mass is 10.0. The number of methoxy groups -OCH3 is 2. The Morgan fingerprint density at radius 1 is 1.29 bits per heavy atom. The van der Waals surface area contributed by atoms with Crippen LogP contribution in [0.3, 0.4) is 0 Å². The Labute approximate surface area is 141 Å². The van der Waals surface area contributed by atoms with E-state index in [2.05, 4.69) is 10.2 Å². The summed E-state index contributed by atoms with van der Waals surface area (Å²) in [6, 6.07) is 5.58. The summed E-state index contributed by atoms with van der Waals surface area (Å²) in [6.45, 7) is 2.05. The molecule has 2 saturated heterocycles. The Kier molecular flexibility index (Phi) is 4.89. The lowest BCUT2D eigenvalue weighted by Crippen LogP contribution is -2.41. The van der Waals surface area contributed by atoms with E-state index in [1.807, 2.05) is 18.2 Å². The van der Waals surface area contributed by atoms with Crippen LogP contribution >= 0.6 is 0 Å². The number of imide groups is 1. The SMILES string of the molecule is COc1ccc([C@@H]2CCCN2CC(=O)N2CCNC2=O)c(OC)c1. The van der Waals surface area contributed by atoms with Gasteiger partial charge in [-0.2, -0.15) is 0 Å². The van der Waals surface area contributed by atoms with Crippen molar-refractivity contribution in [1.29, 1.82) is 0 Å². The van der Waals surface area contributed by atoms with Crippen LogP contribution in [0.15, 0.2) is 18.2 Å². The molecule has 3 rings (SSSR count). The molecule has 3 amide bonds. The highest BCUT2D eigenvalue weighted by Gasteiger charge is 2.33. The highest BCUT2D eigenvalue weighted by atomic mass is 16.5. The first-order valence-electron chi connectivity index (χ1n) is 8.18. The lowest BCUT2D eigenvalue weighted by Gasteiger charge is -2.27. The largest absolute Gasteiger partial charge is 0.497 e. The fourth-order valence-electron chi connectivity index (χ4n) is 3.43. The van der Waals surface area contributed by atoms with Gasteiger partial charge >= 0.3 is 6.03 Å². The third kappa shape index (κ3) is 3.17. The minimum atomic E-state index is -0.294. The number of carbonyl (C=O) groups excluding carboxylic acids is 2. The molecule has 0 saturated carbocycles.